The van der Waals surface area contributed by atoms with E-state index in [1.54, 1.807) is 0 Å². The Bertz CT molecular complexity index is 1160. The number of hydrogen-bond donors (Lipinski definition) is 4. The number of likely N-dealkylation sites (N-methyl/N-ethyl adjacent to an activating group) is 2. The van der Waals surface area contributed by atoms with Crippen LogP contribution < -0.4 is 10.6 Å². The molecule has 2 aromatic rings. The second kappa shape index (κ2) is 20.9. The zero-order valence-electron chi connectivity index (χ0n) is 31.1. The third-order valence-electron chi connectivity index (χ3n) is 10.6. The second-order valence-corrected chi connectivity index (χ2v) is 14.6. The Morgan fingerprint density at radius 1 is 0.600 bits per heavy atom. The van der Waals surface area contributed by atoms with Crippen LogP contribution >= 0.6 is 0 Å². The van der Waals surface area contributed by atoms with Crippen LogP contribution in [-0.4, -0.2) is 145 Å². The number of nitrogens with one attached hydrogen (secondary N) is 2. The Morgan fingerprint density at radius 3 is 1.26 bits per heavy atom. The van der Waals surface area contributed by atoms with Crippen molar-refractivity contribution in [2.75, 3.05) is 79.5 Å². The predicted molar refractivity (Wildman–Crippen MR) is 201 cm³/mol. The van der Waals surface area contributed by atoms with Crippen molar-refractivity contribution in [3.8, 4) is 0 Å². The highest BCUT2D eigenvalue weighted by molar-refractivity contribution is 5.79. The monoisotopic (exact) mass is 692 g/mol. The maximum absolute atomic E-state index is 13.7. The minimum absolute atomic E-state index is 0.163. The lowest BCUT2D eigenvalue weighted by Crippen LogP contribution is -2.58. The highest BCUT2D eigenvalue weighted by Gasteiger charge is 2.35. The molecule has 0 aromatic heterocycles. The minimum Gasteiger partial charge on any atom is -0.389 e. The molecule has 2 fully saturated rings. The molecule has 2 aromatic carbocycles. The molecule has 2 aliphatic heterocycles. The summed E-state index contributed by atoms with van der Waals surface area (Å²) in [6, 6.07) is 19.0. The highest BCUT2D eigenvalue weighted by Crippen LogP contribution is 2.19. The van der Waals surface area contributed by atoms with Crippen molar-refractivity contribution in [1.29, 1.82) is 0 Å². The molecule has 278 valence electrons. The van der Waals surface area contributed by atoms with Crippen LogP contribution in [0.15, 0.2) is 60.7 Å². The summed E-state index contributed by atoms with van der Waals surface area (Å²) in [5.41, 5.74) is 2.09. The lowest BCUT2D eigenvalue weighted by molar-refractivity contribution is -0.138. The Balaban J connectivity index is 1.52. The number of carbonyl (C=O) groups excluding carboxylic acids is 2. The molecule has 4 N–H and O–H groups in total. The maximum Gasteiger partial charge on any atom is 0.227 e. The molecule has 6 atom stereocenters. The smallest absolute Gasteiger partial charge is 0.227 e. The zero-order chi connectivity index (χ0) is 35.9. The SMILES string of the molecule is CCCC(CNC(Cc1ccccc1)C(O)C(O)C(Cc1ccccc1)NCC(CCC)C(=O)N1CCN(C)CC1)C(=O)N1CCN(C)CC1. The largest absolute Gasteiger partial charge is 0.389 e. The molecule has 2 saturated heterocycles. The summed E-state index contributed by atoms with van der Waals surface area (Å²) in [5.74, 6) is -0.0904. The van der Waals surface area contributed by atoms with Crippen LogP contribution in [-0.2, 0) is 22.4 Å². The first-order valence-electron chi connectivity index (χ1n) is 19.1. The molecular weight excluding hydrogens is 628 g/mol. The van der Waals surface area contributed by atoms with Gasteiger partial charge >= 0.3 is 0 Å². The van der Waals surface area contributed by atoms with Gasteiger partial charge in [0.25, 0.3) is 0 Å². The first-order chi connectivity index (χ1) is 24.2. The summed E-state index contributed by atoms with van der Waals surface area (Å²) in [5, 5.41) is 31.2. The van der Waals surface area contributed by atoms with E-state index in [2.05, 4.69) is 48.4 Å². The second-order valence-electron chi connectivity index (χ2n) is 14.6. The third kappa shape index (κ3) is 12.1. The van der Waals surface area contributed by atoms with Gasteiger partial charge in [0.05, 0.1) is 24.0 Å². The Hall–Kier alpha value is -2.86. The van der Waals surface area contributed by atoms with Crippen LogP contribution in [0.25, 0.3) is 0 Å². The molecule has 0 radical (unpaired) electrons. The van der Waals surface area contributed by atoms with Gasteiger partial charge in [-0.3, -0.25) is 9.59 Å². The summed E-state index contributed by atoms with van der Waals surface area (Å²) >= 11 is 0. The molecule has 2 amide bonds. The molecule has 2 aliphatic rings. The minimum atomic E-state index is -1.13. The van der Waals surface area contributed by atoms with Gasteiger partial charge in [0.2, 0.25) is 11.8 Å². The average molecular weight is 693 g/mol. The lowest BCUT2D eigenvalue weighted by atomic mass is 9.90. The van der Waals surface area contributed by atoms with Crippen molar-refractivity contribution in [3.63, 3.8) is 0 Å². The van der Waals surface area contributed by atoms with Gasteiger partial charge in [-0.05, 0) is 50.9 Å². The fraction of sp³-hybridized carbons (Fsp3) is 0.650. The Labute approximate surface area is 301 Å². The first-order valence-corrected chi connectivity index (χ1v) is 19.1. The van der Waals surface area contributed by atoms with Gasteiger partial charge in [0, 0.05) is 77.5 Å². The van der Waals surface area contributed by atoms with Crippen molar-refractivity contribution >= 4 is 11.8 Å². The molecule has 0 aliphatic carbocycles. The lowest BCUT2D eigenvalue weighted by Gasteiger charge is -2.37. The third-order valence-corrected chi connectivity index (χ3v) is 10.6. The summed E-state index contributed by atoms with van der Waals surface area (Å²) in [6.45, 7) is 11.5. The van der Waals surface area contributed by atoms with E-state index in [0.29, 0.717) is 25.9 Å². The molecule has 10 nitrogen and oxygen atoms in total. The number of rotatable bonds is 19. The molecule has 0 saturated carbocycles. The molecule has 2 heterocycles. The number of amides is 2. The van der Waals surface area contributed by atoms with E-state index in [-0.39, 0.29) is 23.7 Å². The topological polar surface area (TPSA) is 112 Å². The summed E-state index contributed by atoms with van der Waals surface area (Å²) in [6.07, 6.45) is 2.02. The van der Waals surface area contributed by atoms with Crippen LogP contribution in [0.3, 0.4) is 0 Å². The van der Waals surface area contributed by atoms with E-state index in [9.17, 15) is 19.8 Å². The van der Waals surface area contributed by atoms with Crippen molar-refractivity contribution in [2.45, 2.75) is 76.7 Å². The van der Waals surface area contributed by atoms with E-state index in [1.165, 1.54) is 0 Å². The van der Waals surface area contributed by atoms with Gasteiger partial charge in [0.15, 0.2) is 0 Å². The number of carbonyl (C=O) groups is 2. The highest BCUT2D eigenvalue weighted by atomic mass is 16.3. The molecular formula is C40H64N6O4. The number of piperazine rings is 2. The van der Waals surface area contributed by atoms with Crippen LogP contribution in [0.1, 0.15) is 50.7 Å². The van der Waals surface area contributed by atoms with Crippen LogP contribution in [0.5, 0.6) is 0 Å². The number of aliphatic hydroxyl groups excluding tert-OH is 2. The van der Waals surface area contributed by atoms with Crippen molar-refractivity contribution in [1.82, 2.24) is 30.2 Å². The van der Waals surface area contributed by atoms with Crippen molar-refractivity contribution < 1.29 is 19.8 Å². The molecule has 0 spiro atoms. The van der Waals surface area contributed by atoms with Crippen molar-refractivity contribution in [3.05, 3.63) is 71.8 Å². The summed E-state index contributed by atoms with van der Waals surface area (Å²) in [7, 11) is 4.17. The van der Waals surface area contributed by atoms with E-state index < -0.39 is 24.3 Å². The fourth-order valence-electron chi connectivity index (χ4n) is 7.32. The molecule has 4 rings (SSSR count). The van der Waals surface area contributed by atoms with Crippen LogP contribution in [0, 0.1) is 11.8 Å². The number of aliphatic hydroxyl groups is 2. The predicted octanol–water partition coefficient (Wildman–Crippen LogP) is 2.49. The van der Waals surface area contributed by atoms with Crippen LogP contribution in [0.4, 0.5) is 0 Å². The van der Waals surface area contributed by atoms with Gasteiger partial charge in [-0.25, -0.2) is 0 Å². The maximum atomic E-state index is 13.7. The van der Waals surface area contributed by atoms with E-state index in [4.69, 9.17) is 0 Å². The molecule has 10 heteroatoms. The standard InChI is InChI=1S/C40H64N6O4/c1-5-13-33(39(49)45-23-19-43(3)20-24-45)29-41-35(27-31-15-9-7-10-16-31)37(47)38(48)36(28-32-17-11-8-12-18-32)42-30-34(14-6-2)40(50)46-25-21-44(4)22-26-46/h7-12,15-18,33-38,41-42,47-48H,5-6,13-14,19-30H2,1-4H3. The zero-order valence-corrected chi connectivity index (χ0v) is 31.1. The van der Waals surface area contributed by atoms with Gasteiger partial charge in [-0.15, -0.1) is 0 Å². The number of nitrogens with zero attached hydrogens (tertiary/aromatic N) is 4. The normalized spacial score (nSPS) is 19.8. The van der Waals surface area contributed by atoms with Gasteiger partial charge in [-0.1, -0.05) is 87.4 Å². The van der Waals surface area contributed by atoms with Crippen molar-refractivity contribution in [2.24, 2.45) is 11.8 Å². The number of hydrogen-bond acceptors (Lipinski definition) is 8. The summed E-state index contributed by atoms with van der Waals surface area (Å²) < 4.78 is 0. The molecule has 0 bridgehead atoms. The molecule has 6 unspecified atom stereocenters. The van der Waals surface area contributed by atoms with E-state index >= 15 is 0 Å². The molecule has 50 heavy (non-hydrogen) atoms. The first kappa shape index (κ1) is 39.9. The number of benzene rings is 2. The van der Waals surface area contributed by atoms with Gasteiger partial charge in [-0.2, -0.15) is 0 Å². The summed E-state index contributed by atoms with van der Waals surface area (Å²) in [4.78, 5) is 35.8. The fourth-order valence-corrected chi connectivity index (χ4v) is 7.32. The Morgan fingerprint density at radius 2 is 0.940 bits per heavy atom. The van der Waals surface area contributed by atoms with E-state index in [0.717, 1.165) is 89.2 Å². The quantitative estimate of drug-likeness (QED) is 0.178. The van der Waals surface area contributed by atoms with Gasteiger partial charge < -0.3 is 40.4 Å². The Kier molecular flexibility index (Phi) is 16.7. The van der Waals surface area contributed by atoms with Crippen LogP contribution in [0.2, 0.25) is 0 Å². The van der Waals surface area contributed by atoms with E-state index in [1.807, 2.05) is 70.5 Å². The average Bonchev–Trinajstić information content (AvgIpc) is 3.14. The van der Waals surface area contributed by atoms with Gasteiger partial charge in [0.1, 0.15) is 0 Å².